The molecule has 0 amide bonds. The van der Waals surface area contributed by atoms with E-state index in [2.05, 4.69) is 34.1 Å². The lowest BCUT2D eigenvalue weighted by atomic mass is 10.1. The van der Waals surface area contributed by atoms with Crippen molar-refractivity contribution in [3.63, 3.8) is 0 Å². The number of para-hydroxylation sites is 1. The highest BCUT2D eigenvalue weighted by molar-refractivity contribution is 5.33. The molecule has 160 valence electrons. The van der Waals surface area contributed by atoms with Crippen LogP contribution in [0.5, 0.6) is 11.5 Å². The molecule has 0 saturated heterocycles. The molecule has 0 aliphatic rings. The van der Waals surface area contributed by atoms with Gasteiger partial charge in [-0.2, -0.15) is 0 Å². The van der Waals surface area contributed by atoms with E-state index < -0.39 is 0 Å². The maximum atomic E-state index is 6.10. The first-order valence-electron chi connectivity index (χ1n) is 10.3. The van der Waals surface area contributed by atoms with Crippen LogP contribution in [0, 0.1) is 0 Å². The lowest BCUT2D eigenvalue weighted by Crippen LogP contribution is -2.25. The number of nitrogens with zero attached hydrogens (tertiary/aromatic N) is 3. The summed E-state index contributed by atoms with van der Waals surface area (Å²) in [6.07, 6.45) is 6.51. The van der Waals surface area contributed by atoms with Gasteiger partial charge in [0.05, 0.1) is 20.0 Å². The molecule has 30 heavy (non-hydrogen) atoms. The number of hydrogen-bond acceptors (Lipinski definition) is 5. The predicted molar refractivity (Wildman–Crippen MR) is 118 cm³/mol. The van der Waals surface area contributed by atoms with Crippen molar-refractivity contribution in [2.45, 2.75) is 26.1 Å². The lowest BCUT2D eigenvalue weighted by molar-refractivity contribution is 0.165. The first-order chi connectivity index (χ1) is 14.8. The van der Waals surface area contributed by atoms with Crippen LogP contribution in [0.1, 0.15) is 17.5 Å². The van der Waals surface area contributed by atoms with Crippen molar-refractivity contribution < 1.29 is 14.2 Å². The molecule has 0 aliphatic heterocycles. The third kappa shape index (κ3) is 6.90. The van der Waals surface area contributed by atoms with Crippen LogP contribution in [0.4, 0.5) is 0 Å². The Kier molecular flexibility index (Phi) is 8.75. The number of rotatable bonds is 13. The van der Waals surface area contributed by atoms with Crippen molar-refractivity contribution in [1.82, 2.24) is 14.5 Å². The summed E-state index contributed by atoms with van der Waals surface area (Å²) in [6, 6.07) is 16.5. The number of benzene rings is 2. The van der Waals surface area contributed by atoms with Gasteiger partial charge in [-0.25, -0.2) is 4.98 Å². The zero-order valence-electron chi connectivity index (χ0n) is 17.9. The van der Waals surface area contributed by atoms with Crippen molar-refractivity contribution in [1.29, 1.82) is 0 Å². The quantitative estimate of drug-likeness (QED) is 0.399. The van der Waals surface area contributed by atoms with E-state index in [0.29, 0.717) is 6.61 Å². The topological polar surface area (TPSA) is 48.8 Å². The summed E-state index contributed by atoms with van der Waals surface area (Å²) in [5.41, 5.74) is 2.41. The molecule has 0 bridgehead atoms. The van der Waals surface area contributed by atoms with Crippen molar-refractivity contribution >= 4 is 0 Å². The summed E-state index contributed by atoms with van der Waals surface area (Å²) in [7, 11) is 3.45. The fourth-order valence-electron chi connectivity index (χ4n) is 3.37. The van der Waals surface area contributed by atoms with Gasteiger partial charge in [-0.05, 0) is 30.2 Å². The maximum Gasteiger partial charge on any atom is 0.123 e. The van der Waals surface area contributed by atoms with E-state index in [4.69, 9.17) is 14.2 Å². The van der Waals surface area contributed by atoms with Crippen LogP contribution in [-0.2, 0) is 24.4 Å². The first kappa shape index (κ1) is 21.9. The fraction of sp³-hybridized carbons (Fsp3) is 0.375. The number of methoxy groups -OCH3 is 2. The summed E-state index contributed by atoms with van der Waals surface area (Å²) in [6.45, 7) is 4.71. The van der Waals surface area contributed by atoms with Gasteiger partial charge in [-0.1, -0.05) is 30.3 Å². The zero-order valence-corrected chi connectivity index (χ0v) is 17.9. The second-order valence-corrected chi connectivity index (χ2v) is 7.17. The average Bonchev–Trinajstić information content (AvgIpc) is 3.29. The molecule has 0 atom stereocenters. The Bertz CT molecular complexity index is 868. The first-order valence-corrected chi connectivity index (χ1v) is 10.3. The summed E-state index contributed by atoms with van der Waals surface area (Å²) in [5, 5.41) is 0. The summed E-state index contributed by atoms with van der Waals surface area (Å²) < 4.78 is 18.8. The van der Waals surface area contributed by atoms with Gasteiger partial charge in [0, 0.05) is 51.3 Å². The molecule has 6 heteroatoms. The summed E-state index contributed by atoms with van der Waals surface area (Å²) >= 11 is 0. The second kappa shape index (κ2) is 12.0. The molecule has 0 radical (unpaired) electrons. The SMILES string of the molecule is COCCCN(Cc1cccc(OC)c1)Cc1ccccc1OCCn1ccnc1. The Morgan fingerprint density at radius 2 is 1.90 bits per heavy atom. The minimum atomic E-state index is 0.604. The van der Waals surface area contributed by atoms with Crippen molar-refractivity contribution in [3.05, 3.63) is 78.4 Å². The molecule has 1 heterocycles. The molecule has 0 saturated carbocycles. The summed E-state index contributed by atoms with van der Waals surface area (Å²) in [4.78, 5) is 6.50. The van der Waals surface area contributed by atoms with Gasteiger partial charge in [0.2, 0.25) is 0 Å². The van der Waals surface area contributed by atoms with Crippen LogP contribution in [0.15, 0.2) is 67.3 Å². The van der Waals surface area contributed by atoms with E-state index in [9.17, 15) is 0 Å². The Hall–Kier alpha value is -2.83. The van der Waals surface area contributed by atoms with Crippen molar-refractivity contribution in [3.8, 4) is 11.5 Å². The lowest BCUT2D eigenvalue weighted by Gasteiger charge is -2.24. The number of hydrogen-bond donors (Lipinski definition) is 0. The van der Waals surface area contributed by atoms with Crippen LogP contribution >= 0.6 is 0 Å². The molecule has 3 rings (SSSR count). The van der Waals surface area contributed by atoms with Gasteiger partial charge < -0.3 is 18.8 Å². The third-order valence-electron chi connectivity index (χ3n) is 4.90. The molecule has 0 unspecified atom stereocenters. The largest absolute Gasteiger partial charge is 0.497 e. The van der Waals surface area contributed by atoms with E-state index in [0.717, 1.165) is 50.7 Å². The van der Waals surface area contributed by atoms with E-state index >= 15 is 0 Å². The standard InChI is InChI=1S/C24H31N3O3/c1-28-15-6-12-27(18-21-7-5-9-23(17-21)29-2)19-22-8-3-4-10-24(22)30-16-14-26-13-11-25-20-26/h3-5,7-11,13,17,20H,6,12,14-16,18-19H2,1-2H3. The number of ether oxygens (including phenoxy) is 3. The molecular formula is C24H31N3O3. The fourth-order valence-corrected chi connectivity index (χ4v) is 3.37. The van der Waals surface area contributed by atoms with Gasteiger partial charge in [0.1, 0.15) is 18.1 Å². The van der Waals surface area contributed by atoms with E-state index in [-0.39, 0.29) is 0 Å². The van der Waals surface area contributed by atoms with Gasteiger partial charge in [-0.3, -0.25) is 4.90 Å². The summed E-state index contributed by atoms with van der Waals surface area (Å²) in [5.74, 6) is 1.81. The van der Waals surface area contributed by atoms with E-state index in [1.54, 1.807) is 26.7 Å². The molecule has 0 N–H and O–H groups in total. The average molecular weight is 410 g/mol. The molecule has 6 nitrogen and oxygen atoms in total. The van der Waals surface area contributed by atoms with Gasteiger partial charge in [0.15, 0.2) is 0 Å². The molecule has 1 aromatic heterocycles. The highest BCUT2D eigenvalue weighted by Crippen LogP contribution is 2.22. The van der Waals surface area contributed by atoms with Crippen LogP contribution in [0.25, 0.3) is 0 Å². The minimum Gasteiger partial charge on any atom is -0.497 e. The normalized spacial score (nSPS) is 11.0. The number of imidazole rings is 1. The smallest absolute Gasteiger partial charge is 0.123 e. The van der Waals surface area contributed by atoms with Crippen LogP contribution in [-0.4, -0.2) is 48.4 Å². The second-order valence-electron chi connectivity index (χ2n) is 7.17. The predicted octanol–water partition coefficient (Wildman–Crippen LogP) is 4.01. The van der Waals surface area contributed by atoms with E-state index in [1.165, 1.54) is 11.1 Å². The van der Waals surface area contributed by atoms with Gasteiger partial charge >= 0.3 is 0 Å². The van der Waals surface area contributed by atoms with E-state index in [1.807, 2.05) is 35.0 Å². The number of aromatic nitrogens is 2. The molecule has 3 aromatic rings. The minimum absolute atomic E-state index is 0.604. The molecule has 2 aromatic carbocycles. The van der Waals surface area contributed by atoms with Gasteiger partial charge in [0.25, 0.3) is 0 Å². The molecule has 0 aliphatic carbocycles. The highest BCUT2D eigenvalue weighted by atomic mass is 16.5. The van der Waals surface area contributed by atoms with Crippen molar-refractivity contribution in [2.75, 3.05) is 34.0 Å². The Balaban J connectivity index is 1.66. The molecule has 0 fully saturated rings. The Labute approximate surface area is 179 Å². The monoisotopic (exact) mass is 409 g/mol. The molecule has 0 spiro atoms. The van der Waals surface area contributed by atoms with Crippen molar-refractivity contribution in [2.24, 2.45) is 0 Å². The highest BCUT2D eigenvalue weighted by Gasteiger charge is 2.11. The van der Waals surface area contributed by atoms with Gasteiger partial charge in [-0.15, -0.1) is 0 Å². The third-order valence-corrected chi connectivity index (χ3v) is 4.90. The maximum absolute atomic E-state index is 6.10. The zero-order chi connectivity index (χ0) is 21.0. The van der Waals surface area contributed by atoms with Crippen LogP contribution in [0.3, 0.4) is 0 Å². The molecular weight excluding hydrogens is 378 g/mol. The van der Waals surface area contributed by atoms with Crippen LogP contribution in [0.2, 0.25) is 0 Å². The Morgan fingerprint density at radius 3 is 2.70 bits per heavy atom. The van der Waals surface area contributed by atoms with Crippen LogP contribution < -0.4 is 9.47 Å². The Morgan fingerprint density at radius 1 is 1.00 bits per heavy atom.